The number of nitrogens with zero attached hydrogens (tertiary/aromatic N) is 3. The Hall–Kier alpha value is -3.76. The molecule has 4 rings (SSSR count). The lowest BCUT2D eigenvalue weighted by molar-refractivity contribution is -0.144. The number of amidine groups is 1. The van der Waals surface area contributed by atoms with Crippen LogP contribution in [0.3, 0.4) is 0 Å². The first-order valence-electron chi connectivity index (χ1n) is 13.7. The van der Waals surface area contributed by atoms with Gasteiger partial charge in [0.25, 0.3) is 5.91 Å². The van der Waals surface area contributed by atoms with Gasteiger partial charge in [-0.05, 0) is 54.3 Å². The maximum absolute atomic E-state index is 12.8. The van der Waals surface area contributed by atoms with Crippen molar-refractivity contribution in [2.75, 3.05) is 57.3 Å². The summed E-state index contributed by atoms with van der Waals surface area (Å²) in [5.74, 6) is -0.555. The maximum Gasteiger partial charge on any atom is 0.414 e. The number of cyclic esters (lactones) is 1. The molecule has 2 aliphatic heterocycles. The molecule has 2 aromatic carbocycles. The van der Waals surface area contributed by atoms with Crippen LogP contribution in [0.15, 0.2) is 48.5 Å². The second-order valence-corrected chi connectivity index (χ2v) is 11.2. The molecule has 2 amide bonds. The molecule has 0 spiro atoms. The van der Waals surface area contributed by atoms with E-state index in [4.69, 9.17) is 14.9 Å². The summed E-state index contributed by atoms with van der Waals surface area (Å²) in [4.78, 5) is 43.0. The van der Waals surface area contributed by atoms with Crippen LogP contribution in [0.2, 0.25) is 0 Å². The summed E-state index contributed by atoms with van der Waals surface area (Å²) in [6, 6.07) is 14.4. The van der Waals surface area contributed by atoms with Crippen LogP contribution in [-0.2, 0) is 19.7 Å². The van der Waals surface area contributed by atoms with Crippen LogP contribution in [0.4, 0.5) is 10.5 Å². The van der Waals surface area contributed by atoms with E-state index in [1.54, 1.807) is 42.2 Å². The van der Waals surface area contributed by atoms with Gasteiger partial charge < -0.3 is 14.8 Å². The molecule has 2 saturated heterocycles. The van der Waals surface area contributed by atoms with Crippen molar-refractivity contribution in [3.05, 3.63) is 65.2 Å². The van der Waals surface area contributed by atoms with E-state index in [1.807, 2.05) is 18.2 Å². The Morgan fingerprint density at radius 1 is 1.02 bits per heavy atom. The number of anilines is 1. The molecule has 1 atom stereocenters. The number of hydrogen-bond acceptors (Lipinski definition) is 8. The number of amides is 2. The summed E-state index contributed by atoms with van der Waals surface area (Å²) in [5.41, 5.74) is 2.67. The molecule has 214 valence electrons. The number of esters is 1. The van der Waals surface area contributed by atoms with E-state index in [9.17, 15) is 14.4 Å². The molecule has 1 unspecified atom stereocenters. The second-order valence-electron chi connectivity index (χ2n) is 11.2. The quantitative estimate of drug-likeness (QED) is 0.295. The van der Waals surface area contributed by atoms with Crippen molar-refractivity contribution in [2.24, 2.45) is 0 Å². The van der Waals surface area contributed by atoms with E-state index in [2.05, 4.69) is 35.9 Å². The van der Waals surface area contributed by atoms with E-state index in [-0.39, 0.29) is 29.2 Å². The zero-order valence-corrected chi connectivity index (χ0v) is 23.7. The van der Waals surface area contributed by atoms with Crippen LogP contribution < -0.4 is 10.2 Å². The van der Waals surface area contributed by atoms with Crippen molar-refractivity contribution >= 4 is 29.5 Å². The summed E-state index contributed by atoms with van der Waals surface area (Å²) in [5, 5.41) is 11.0. The Kier molecular flexibility index (Phi) is 9.21. The van der Waals surface area contributed by atoms with Gasteiger partial charge in [-0.2, -0.15) is 0 Å². The fourth-order valence-electron chi connectivity index (χ4n) is 4.83. The number of nitrogens with one attached hydrogen (secondary N) is 2. The highest BCUT2D eigenvalue weighted by atomic mass is 16.6. The van der Waals surface area contributed by atoms with Gasteiger partial charge in [0.1, 0.15) is 11.9 Å². The average molecular weight is 550 g/mol. The Morgan fingerprint density at radius 3 is 2.35 bits per heavy atom. The SMILES string of the molecule is CCOC(=O)CN1CCN(CC2CN(c3ccc(C(=N)NC(=O)c4cccc(C(C)(C)C)c4)cc3)C(=O)O2)CC1. The van der Waals surface area contributed by atoms with Crippen molar-refractivity contribution in [3.8, 4) is 0 Å². The lowest BCUT2D eigenvalue weighted by atomic mass is 9.86. The first-order chi connectivity index (χ1) is 19.0. The van der Waals surface area contributed by atoms with Gasteiger partial charge in [-0.3, -0.25) is 29.7 Å². The smallest absolute Gasteiger partial charge is 0.414 e. The fourth-order valence-corrected chi connectivity index (χ4v) is 4.83. The summed E-state index contributed by atoms with van der Waals surface area (Å²) < 4.78 is 10.7. The zero-order chi connectivity index (χ0) is 28.9. The molecule has 0 bridgehead atoms. The van der Waals surface area contributed by atoms with Crippen LogP contribution >= 0.6 is 0 Å². The first kappa shape index (κ1) is 29.2. The van der Waals surface area contributed by atoms with Crippen LogP contribution in [0, 0.1) is 5.41 Å². The Balaban J connectivity index is 1.28. The van der Waals surface area contributed by atoms with Crippen molar-refractivity contribution in [1.29, 1.82) is 5.41 Å². The second kappa shape index (κ2) is 12.6. The Morgan fingerprint density at radius 2 is 1.70 bits per heavy atom. The van der Waals surface area contributed by atoms with Crippen LogP contribution in [0.5, 0.6) is 0 Å². The molecule has 10 nitrogen and oxygen atoms in total. The molecule has 0 aliphatic carbocycles. The summed E-state index contributed by atoms with van der Waals surface area (Å²) in [6.45, 7) is 12.9. The standard InChI is InChI=1S/C30H39N5O5/c1-5-39-26(36)20-34-15-13-33(14-16-34)18-25-19-35(29(38)40-25)24-11-9-21(10-12-24)27(31)32-28(37)22-7-6-8-23(17-22)30(2,3)4/h6-12,17,25H,5,13-16,18-20H2,1-4H3,(H2,31,32,37). The van der Waals surface area contributed by atoms with E-state index < -0.39 is 6.09 Å². The summed E-state index contributed by atoms with van der Waals surface area (Å²) in [6.07, 6.45) is -0.661. The van der Waals surface area contributed by atoms with Crippen molar-refractivity contribution < 1.29 is 23.9 Å². The van der Waals surface area contributed by atoms with E-state index >= 15 is 0 Å². The number of piperazine rings is 1. The number of carbonyl (C=O) groups is 3. The summed E-state index contributed by atoms with van der Waals surface area (Å²) in [7, 11) is 0. The predicted molar refractivity (Wildman–Crippen MR) is 153 cm³/mol. The topological polar surface area (TPSA) is 115 Å². The molecular weight excluding hydrogens is 510 g/mol. The van der Waals surface area contributed by atoms with Gasteiger partial charge >= 0.3 is 12.1 Å². The molecular formula is C30H39N5O5. The van der Waals surface area contributed by atoms with Crippen molar-refractivity contribution in [3.63, 3.8) is 0 Å². The van der Waals surface area contributed by atoms with Crippen LogP contribution in [-0.4, -0.2) is 92.1 Å². The molecule has 0 radical (unpaired) electrons. The number of ether oxygens (including phenoxy) is 2. The molecule has 0 saturated carbocycles. The Labute approximate surface area is 235 Å². The minimum atomic E-state index is -0.402. The number of hydrogen-bond donors (Lipinski definition) is 2. The lowest BCUT2D eigenvalue weighted by Crippen LogP contribution is -2.50. The van der Waals surface area contributed by atoms with E-state index in [1.165, 1.54) is 0 Å². The van der Waals surface area contributed by atoms with Crippen molar-refractivity contribution in [1.82, 2.24) is 15.1 Å². The van der Waals surface area contributed by atoms with E-state index in [0.717, 1.165) is 31.7 Å². The minimum Gasteiger partial charge on any atom is -0.465 e. The zero-order valence-electron chi connectivity index (χ0n) is 23.7. The number of benzene rings is 2. The predicted octanol–water partition coefficient (Wildman–Crippen LogP) is 3.25. The van der Waals surface area contributed by atoms with Gasteiger partial charge in [-0.15, -0.1) is 0 Å². The van der Waals surface area contributed by atoms with Gasteiger partial charge in [-0.1, -0.05) is 32.9 Å². The molecule has 40 heavy (non-hydrogen) atoms. The number of carbonyl (C=O) groups excluding carboxylic acids is 3. The van der Waals surface area contributed by atoms with Gasteiger partial charge in [-0.25, -0.2) is 4.79 Å². The van der Waals surface area contributed by atoms with Crippen LogP contribution in [0.1, 0.15) is 49.2 Å². The molecule has 2 N–H and O–H groups in total. The van der Waals surface area contributed by atoms with Crippen molar-refractivity contribution in [2.45, 2.75) is 39.2 Å². The third-order valence-corrected chi connectivity index (χ3v) is 7.16. The normalized spacial score (nSPS) is 18.4. The molecule has 10 heteroatoms. The average Bonchev–Trinajstić information content (AvgIpc) is 3.29. The van der Waals surface area contributed by atoms with Crippen LogP contribution in [0.25, 0.3) is 0 Å². The van der Waals surface area contributed by atoms with Gasteiger partial charge in [0.05, 0.1) is 19.7 Å². The highest BCUT2D eigenvalue weighted by molar-refractivity contribution is 6.11. The molecule has 2 fully saturated rings. The van der Waals surface area contributed by atoms with Gasteiger partial charge in [0.15, 0.2) is 0 Å². The monoisotopic (exact) mass is 549 g/mol. The molecule has 2 aliphatic rings. The molecule has 2 heterocycles. The molecule has 2 aromatic rings. The van der Waals surface area contributed by atoms with Gasteiger partial charge in [0.2, 0.25) is 0 Å². The lowest BCUT2D eigenvalue weighted by Gasteiger charge is -2.34. The highest BCUT2D eigenvalue weighted by Gasteiger charge is 2.34. The first-order valence-corrected chi connectivity index (χ1v) is 13.7. The minimum absolute atomic E-state index is 0.0123. The summed E-state index contributed by atoms with van der Waals surface area (Å²) >= 11 is 0. The van der Waals surface area contributed by atoms with E-state index in [0.29, 0.717) is 43.1 Å². The fraction of sp³-hybridized carbons (Fsp3) is 0.467. The maximum atomic E-state index is 12.8. The number of rotatable bonds is 8. The van der Waals surface area contributed by atoms with Gasteiger partial charge in [0, 0.05) is 49.5 Å². The third kappa shape index (κ3) is 7.45. The Bertz CT molecular complexity index is 1230. The largest absolute Gasteiger partial charge is 0.465 e. The highest BCUT2D eigenvalue weighted by Crippen LogP contribution is 2.24. The third-order valence-electron chi connectivity index (χ3n) is 7.16. The molecule has 0 aromatic heterocycles.